The molecule has 2 N–H and O–H groups in total. The Morgan fingerprint density at radius 3 is 1.83 bits per heavy atom. The van der Waals surface area contributed by atoms with Crippen molar-refractivity contribution >= 4 is 50.0 Å². The Morgan fingerprint density at radius 1 is 0.648 bits per heavy atom. The summed E-state index contributed by atoms with van der Waals surface area (Å²) in [5.74, 6) is -2.02. The van der Waals surface area contributed by atoms with Crippen molar-refractivity contribution in [2.45, 2.75) is 23.9 Å². The fourth-order valence-electron chi connectivity index (χ4n) is 6.51. The zero-order valence-electron chi connectivity index (χ0n) is 29.0. The van der Waals surface area contributed by atoms with Crippen LogP contribution in [0.4, 0.5) is 5.69 Å². The first kappa shape index (κ1) is 36.2. The highest BCUT2D eigenvalue weighted by atomic mass is 35.5. The van der Waals surface area contributed by atoms with Gasteiger partial charge < -0.3 is 10.4 Å². The number of nitrogens with one attached hydrogen (secondary N) is 1. The minimum atomic E-state index is -4.32. The van der Waals surface area contributed by atoms with Crippen LogP contribution in [0.25, 0.3) is 33.0 Å². The molecule has 0 aliphatic carbocycles. The number of rotatable bonds is 12. The molecule has 0 aliphatic heterocycles. The monoisotopic (exact) mass is 750 g/mol. The quantitative estimate of drug-likeness (QED) is 0.130. The van der Waals surface area contributed by atoms with Gasteiger partial charge in [-0.15, -0.1) is 0 Å². The van der Waals surface area contributed by atoms with E-state index in [1.54, 1.807) is 24.3 Å². The molecule has 7 aromatic carbocycles. The smallest absolute Gasteiger partial charge is 0.326 e. The third-order valence-electron chi connectivity index (χ3n) is 9.32. The van der Waals surface area contributed by atoms with Gasteiger partial charge in [-0.3, -0.25) is 9.10 Å². The second-order valence-corrected chi connectivity index (χ2v) is 15.1. The van der Waals surface area contributed by atoms with E-state index in [4.69, 9.17) is 11.6 Å². The molecule has 0 fully saturated rings. The highest BCUT2D eigenvalue weighted by Crippen LogP contribution is 2.34. The first-order valence-electron chi connectivity index (χ1n) is 17.3. The summed E-state index contributed by atoms with van der Waals surface area (Å²) in [6.45, 7) is -0.123. The van der Waals surface area contributed by atoms with Gasteiger partial charge in [0.15, 0.2) is 0 Å². The summed E-state index contributed by atoms with van der Waals surface area (Å²) in [4.78, 5) is 26.7. The number of halogens is 1. The first-order valence-corrected chi connectivity index (χ1v) is 19.1. The van der Waals surface area contributed by atoms with E-state index in [1.165, 1.54) is 22.5 Å². The van der Waals surface area contributed by atoms with Gasteiger partial charge in [0.2, 0.25) is 0 Å². The largest absolute Gasteiger partial charge is 0.480 e. The van der Waals surface area contributed by atoms with E-state index in [9.17, 15) is 23.1 Å². The van der Waals surface area contributed by atoms with Crippen molar-refractivity contribution in [1.29, 1.82) is 0 Å². The average Bonchev–Trinajstić information content (AvgIpc) is 3.20. The van der Waals surface area contributed by atoms with E-state index < -0.39 is 27.9 Å². The molecule has 7 rings (SSSR count). The lowest BCUT2D eigenvalue weighted by Crippen LogP contribution is -2.43. The number of amides is 1. The number of carbonyl (C=O) groups is 2. The summed E-state index contributed by atoms with van der Waals surface area (Å²) in [6.07, 6.45) is -0.00216. The Morgan fingerprint density at radius 2 is 1.20 bits per heavy atom. The lowest BCUT2D eigenvalue weighted by molar-refractivity contribution is -0.139. The molecule has 0 spiro atoms. The van der Waals surface area contributed by atoms with Crippen LogP contribution in [0.3, 0.4) is 0 Å². The van der Waals surface area contributed by atoms with Gasteiger partial charge >= 0.3 is 5.97 Å². The van der Waals surface area contributed by atoms with Crippen molar-refractivity contribution in [2.24, 2.45) is 0 Å². The van der Waals surface area contributed by atoms with Gasteiger partial charge in [0, 0.05) is 11.4 Å². The van der Waals surface area contributed by atoms with Gasteiger partial charge in [0.05, 0.1) is 22.7 Å². The molecule has 0 bridgehead atoms. The molecular formula is C45H35ClN2O5S. The zero-order chi connectivity index (χ0) is 37.7. The summed E-state index contributed by atoms with van der Waals surface area (Å²) in [6, 6.07) is 49.8. The topological polar surface area (TPSA) is 104 Å². The summed E-state index contributed by atoms with van der Waals surface area (Å²) in [5, 5.41) is 14.8. The highest BCUT2D eigenvalue weighted by molar-refractivity contribution is 7.92. The summed E-state index contributed by atoms with van der Waals surface area (Å²) >= 11 is 6.44. The number of fused-ring (bicyclic) bond motifs is 1. The second kappa shape index (κ2) is 15.8. The van der Waals surface area contributed by atoms with Crippen LogP contribution in [0, 0.1) is 0 Å². The van der Waals surface area contributed by atoms with Crippen LogP contribution in [0.15, 0.2) is 175 Å². The maximum Gasteiger partial charge on any atom is 0.326 e. The predicted octanol–water partition coefficient (Wildman–Crippen LogP) is 9.65. The van der Waals surface area contributed by atoms with Crippen LogP contribution >= 0.6 is 11.6 Å². The third-order valence-corrected chi connectivity index (χ3v) is 11.3. The van der Waals surface area contributed by atoms with Gasteiger partial charge in [0.25, 0.3) is 15.9 Å². The Bertz CT molecular complexity index is 2540. The van der Waals surface area contributed by atoms with Gasteiger partial charge in [-0.25, -0.2) is 13.2 Å². The average molecular weight is 751 g/mol. The minimum absolute atomic E-state index is 0.00216. The molecular weight excluding hydrogens is 716 g/mol. The van der Waals surface area contributed by atoms with E-state index >= 15 is 0 Å². The van der Waals surface area contributed by atoms with Crippen molar-refractivity contribution in [3.8, 4) is 22.3 Å². The molecule has 0 saturated carbocycles. The number of carbonyl (C=O) groups excluding carboxylic acids is 1. The standard InChI is InChI=1S/C45H35ClN2O5S/c46-38-24-27-43(41(29-38)44(49)47-42(45(50)51)28-31-18-20-34(21-19-31)32-10-3-1-4-11-32)48(30-37-16-9-15-36-14-7-8-17-40(36)37)54(52,53)39-25-22-35(23-26-39)33-12-5-2-6-13-33/h1-27,29,42H,28,30H2,(H,47,49)(H,50,51)/t42-/m0/s1. The number of aliphatic carboxylic acids is 1. The lowest BCUT2D eigenvalue weighted by Gasteiger charge is -2.28. The van der Waals surface area contributed by atoms with Gasteiger partial charge in [-0.2, -0.15) is 0 Å². The number of carboxylic acids is 1. The van der Waals surface area contributed by atoms with Crippen molar-refractivity contribution in [2.75, 3.05) is 4.31 Å². The number of sulfonamides is 1. The molecule has 1 atom stereocenters. The number of benzene rings is 7. The number of hydrogen-bond acceptors (Lipinski definition) is 4. The molecule has 9 heteroatoms. The molecule has 7 nitrogen and oxygen atoms in total. The highest BCUT2D eigenvalue weighted by Gasteiger charge is 2.31. The third kappa shape index (κ3) is 7.90. The van der Waals surface area contributed by atoms with Crippen LogP contribution in [-0.4, -0.2) is 31.4 Å². The van der Waals surface area contributed by atoms with Crippen LogP contribution in [0.2, 0.25) is 5.02 Å². The van der Waals surface area contributed by atoms with E-state index in [0.29, 0.717) is 11.1 Å². The van der Waals surface area contributed by atoms with Crippen molar-refractivity contribution in [3.05, 3.63) is 192 Å². The number of nitrogens with zero attached hydrogens (tertiary/aromatic N) is 1. The van der Waals surface area contributed by atoms with Crippen LogP contribution in [0.5, 0.6) is 0 Å². The molecule has 0 unspecified atom stereocenters. The first-order chi connectivity index (χ1) is 26.2. The number of carboxylic acid groups (broad SMARTS) is 1. The number of anilines is 1. The van der Waals surface area contributed by atoms with E-state index in [2.05, 4.69) is 5.32 Å². The van der Waals surface area contributed by atoms with Crippen molar-refractivity contribution < 1.29 is 23.1 Å². The molecule has 0 saturated heterocycles. The lowest BCUT2D eigenvalue weighted by atomic mass is 10.0. The normalized spacial score (nSPS) is 11.9. The molecule has 7 aromatic rings. The molecule has 1 amide bonds. The molecule has 268 valence electrons. The summed E-state index contributed by atoms with van der Waals surface area (Å²) < 4.78 is 30.7. The summed E-state index contributed by atoms with van der Waals surface area (Å²) in [7, 11) is -4.32. The second-order valence-electron chi connectivity index (χ2n) is 12.8. The van der Waals surface area contributed by atoms with Crippen LogP contribution in [-0.2, 0) is 27.8 Å². The van der Waals surface area contributed by atoms with Gasteiger partial charge in [0.1, 0.15) is 6.04 Å². The van der Waals surface area contributed by atoms with Gasteiger partial charge in [-0.1, -0.05) is 151 Å². The van der Waals surface area contributed by atoms with E-state index in [1.807, 2.05) is 127 Å². The van der Waals surface area contributed by atoms with E-state index in [0.717, 1.165) is 33.0 Å². The molecule has 0 radical (unpaired) electrons. The van der Waals surface area contributed by atoms with Crippen molar-refractivity contribution in [1.82, 2.24) is 5.32 Å². The fourth-order valence-corrected chi connectivity index (χ4v) is 8.14. The zero-order valence-corrected chi connectivity index (χ0v) is 30.5. The molecule has 0 aromatic heterocycles. The fraction of sp³-hybridized carbons (Fsp3) is 0.0667. The van der Waals surface area contributed by atoms with Gasteiger partial charge in [-0.05, 0) is 74.5 Å². The Labute approximate surface area is 319 Å². The predicted molar refractivity (Wildman–Crippen MR) is 215 cm³/mol. The van der Waals surface area contributed by atoms with E-state index in [-0.39, 0.29) is 34.1 Å². The number of hydrogen-bond donors (Lipinski definition) is 2. The Hall–Kier alpha value is -6.22. The van der Waals surface area contributed by atoms with Crippen LogP contribution < -0.4 is 9.62 Å². The SMILES string of the molecule is O=C(N[C@@H](Cc1ccc(-c2ccccc2)cc1)C(=O)O)c1cc(Cl)ccc1N(Cc1cccc2ccccc12)S(=O)(=O)c1ccc(-c2ccccc2)cc1. The van der Waals surface area contributed by atoms with Crippen LogP contribution in [0.1, 0.15) is 21.5 Å². The molecule has 0 heterocycles. The Kier molecular flexibility index (Phi) is 10.6. The maximum atomic E-state index is 14.7. The molecule has 0 aliphatic rings. The Balaban J connectivity index is 1.25. The maximum absolute atomic E-state index is 14.7. The molecule has 54 heavy (non-hydrogen) atoms. The van der Waals surface area contributed by atoms with Crippen molar-refractivity contribution in [3.63, 3.8) is 0 Å². The summed E-state index contributed by atoms with van der Waals surface area (Å²) in [5.41, 5.74) is 5.15. The minimum Gasteiger partial charge on any atom is -0.480 e.